The highest BCUT2D eigenvalue weighted by molar-refractivity contribution is 5.68. The van der Waals surface area contributed by atoms with Crippen molar-refractivity contribution in [1.29, 1.82) is 0 Å². The van der Waals surface area contributed by atoms with E-state index in [4.69, 9.17) is 14.5 Å². The number of fused-ring (bicyclic) bond motifs is 2. The van der Waals surface area contributed by atoms with E-state index in [1.54, 1.807) is 13.0 Å². The van der Waals surface area contributed by atoms with Gasteiger partial charge in [0.2, 0.25) is 0 Å². The molecule has 13 heavy (non-hydrogen) atoms. The summed E-state index contributed by atoms with van der Waals surface area (Å²) in [5.74, 6) is 0. The molecule has 5 heteroatoms. The second kappa shape index (κ2) is 3.35. The molecule has 1 amide bonds. The maximum Gasteiger partial charge on any atom is 0.412 e. The summed E-state index contributed by atoms with van der Waals surface area (Å²) in [5.41, 5.74) is 0. The Bertz CT molecular complexity index is 240. The molecule has 0 aliphatic carbocycles. The molecule has 3 aliphatic rings. The summed E-state index contributed by atoms with van der Waals surface area (Å²) < 4.78 is 4.85. The van der Waals surface area contributed by atoms with Crippen molar-refractivity contribution in [3.8, 4) is 0 Å². The minimum Gasteiger partial charge on any atom is -0.450 e. The van der Waals surface area contributed by atoms with Crippen LogP contribution in [0.1, 0.15) is 6.92 Å². The molecule has 0 N–H and O–H groups in total. The van der Waals surface area contributed by atoms with Crippen LogP contribution in [0.3, 0.4) is 0 Å². The number of rotatable bonds is 1. The summed E-state index contributed by atoms with van der Waals surface area (Å²) in [5, 5.41) is 0. The van der Waals surface area contributed by atoms with Crippen LogP contribution in [0.5, 0.6) is 0 Å². The number of nitrogens with zero attached hydrogens (tertiary/aromatic N) is 1. The Morgan fingerprint density at radius 2 is 2.46 bits per heavy atom. The summed E-state index contributed by atoms with van der Waals surface area (Å²) in [4.78, 5) is 22.6. The van der Waals surface area contributed by atoms with Gasteiger partial charge in [-0.05, 0) is 13.0 Å². The zero-order valence-electron chi connectivity index (χ0n) is 7.30. The lowest BCUT2D eigenvalue weighted by Gasteiger charge is -2.38. The first-order chi connectivity index (χ1) is 6.31. The van der Waals surface area contributed by atoms with E-state index in [-0.39, 0.29) is 12.2 Å². The average molecular weight is 185 g/mol. The molecule has 3 heterocycles. The molecular formula is C8H11NO4. The van der Waals surface area contributed by atoms with E-state index in [0.717, 1.165) is 0 Å². The summed E-state index contributed by atoms with van der Waals surface area (Å²) in [6, 6.07) is 0. The summed E-state index contributed by atoms with van der Waals surface area (Å²) >= 11 is 0. The fraction of sp³-hybridized carbons (Fsp3) is 0.625. The fourth-order valence-electron chi connectivity index (χ4n) is 1.34. The lowest BCUT2D eigenvalue weighted by Crippen LogP contribution is -2.52. The summed E-state index contributed by atoms with van der Waals surface area (Å²) in [6.45, 7) is 2.64. The number of hydrogen-bond acceptors (Lipinski definition) is 4. The van der Waals surface area contributed by atoms with Gasteiger partial charge in [-0.25, -0.2) is 14.6 Å². The zero-order valence-corrected chi connectivity index (χ0v) is 7.30. The monoisotopic (exact) mass is 185 g/mol. The Morgan fingerprint density at radius 3 is 2.92 bits per heavy atom. The molecule has 3 aliphatic heterocycles. The smallest absolute Gasteiger partial charge is 0.412 e. The van der Waals surface area contributed by atoms with Crippen molar-refractivity contribution in [2.24, 2.45) is 0 Å². The molecule has 2 bridgehead atoms. The first-order valence-electron chi connectivity index (χ1n) is 4.25. The fourth-order valence-corrected chi connectivity index (χ4v) is 1.34. The third-order valence-electron chi connectivity index (χ3n) is 1.95. The van der Waals surface area contributed by atoms with Gasteiger partial charge < -0.3 is 4.74 Å². The zero-order chi connectivity index (χ0) is 9.26. The highest BCUT2D eigenvalue weighted by Gasteiger charge is 2.36. The van der Waals surface area contributed by atoms with Crippen LogP contribution in [0.4, 0.5) is 4.79 Å². The van der Waals surface area contributed by atoms with Gasteiger partial charge in [-0.15, -0.1) is 0 Å². The molecule has 0 saturated carbocycles. The first kappa shape index (κ1) is 8.52. The molecule has 0 spiro atoms. The SMILES string of the molecule is CCOC(=O)N1C[C@@H]2C=C[C@H]1OO2. The molecule has 2 atom stereocenters. The Kier molecular flexibility index (Phi) is 2.20. The van der Waals surface area contributed by atoms with Crippen LogP contribution in [-0.2, 0) is 14.5 Å². The van der Waals surface area contributed by atoms with Gasteiger partial charge in [0.1, 0.15) is 6.10 Å². The van der Waals surface area contributed by atoms with E-state index >= 15 is 0 Å². The summed E-state index contributed by atoms with van der Waals surface area (Å²) in [7, 11) is 0. The maximum atomic E-state index is 11.3. The molecule has 72 valence electrons. The second-order valence-electron chi connectivity index (χ2n) is 2.86. The van der Waals surface area contributed by atoms with Crippen LogP contribution in [-0.4, -0.2) is 36.5 Å². The highest BCUT2D eigenvalue weighted by Crippen LogP contribution is 2.21. The van der Waals surface area contributed by atoms with E-state index in [1.807, 2.05) is 6.08 Å². The Balaban J connectivity index is 2.02. The van der Waals surface area contributed by atoms with E-state index in [0.29, 0.717) is 13.2 Å². The van der Waals surface area contributed by atoms with Crippen molar-refractivity contribution >= 4 is 6.09 Å². The molecule has 1 saturated heterocycles. The van der Waals surface area contributed by atoms with Crippen molar-refractivity contribution in [3.05, 3.63) is 12.2 Å². The van der Waals surface area contributed by atoms with Crippen LogP contribution < -0.4 is 0 Å². The van der Waals surface area contributed by atoms with Gasteiger partial charge in [0.15, 0.2) is 6.23 Å². The van der Waals surface area contributed by atoms with Crippen LogP contribution in [0.2, 0.25) is 0 Å². The minimum atomic E-state index is -0.427. The Labute approximate surface area is 75.8 Å². The van der Waals surface area contributed by atoms with Crippen LogP contribution in [0.15, 0.2) is 12.2 Å². The van der Waals surface area contributed by atoms with Crippen molar-refractivity contribution < 1.29 is 19.3 Å². The molecular weight excluding hydrogens is 174 g/mol. The van der Waals surface area contributed by atoms with Crippen LogP contribution >= 0.6 is 0 Å². The van der Waals surface area contributed by atoms with Crippen molar-refractivity contribution in [3.63, 3.8) is 0 Å². The topological polar surface area (TPSA) is 48.0 Å². The molecule has 0 unspecified atom stereocenters. The van der Waals surface area contributed by atoms with Gasteiger partial charge in [0.05, 0.1) is 13.2 Å². The van der Waals surface area contributed by atoms with Crippen molar-refractivity contribution in [1.82, 2.24) is 4.90 Å². The molecule has 1 fully saturated rings. The Hall–Kier alpha value is -1.07. The molecule has 0 aromatic rings. The number of hydrogen-bond donors (Lipinski definition) is 0. The summed E-state index contributed by atoms with van der Waals surface area (Å²) in [6.07, 6.45) is 2.72. The van der Waals surface area contributed by atoms with E-state index in [2.05, 4.69) is 0 Å². The largest absolute Gasteiger partial charge is 0.450 e. The van der Waals surface area contributed by atoms with E-state index in [1.165, 1.54) is 4.90 Å². The van der Waals surface area contributed by atoms with E-state index in [9.17, 15) is 4.79 Å². The predicted molar refractivity (Wildman–Crippen MR) is 42.6 cm³/mol. The second-order valence-corrected chi connectivity index (χ2v) is 2.86. The first-order valence-corrected chi connectivity index (χ1v) is 4.25. The molecule has 3 rings (SSSR count). The van der Waals surface area contributed by atoms with E-state index < -0.39 is 6.23 Å². The number of ether oxygens (including phenoxy) is 1. The molecule has 5 nitrogen and oxygen atoms in total. The normalized spacial score (nSPS) is 30.7. The third-order valence-corrected chi connectivity index (χ3v) is 1.95. The molecule has 0 aromatic carbocycles. The number of carbonyl (C=O) groups is 1. The highest BCUT2D eigenvalue weighted by atomic mass is 17.2. The van der Waals surface area contributed by atoms with Crippen LogP contribution in [0, 0.1) is 0 Å². The molecule has 0 aromatic heterocycles. The van der Waals surface area contributed by atoms with Crippen molar-refractivity contribution in [2.45, 2.75) is 19.3 Å². The molecule has 0 radical (unpaired) electrons. The third kappa shape index (κ3) is 1.52. The Morgan fingerprint density at radius 1 is 1.62 bits per heavy atom. The van der Waals surface area contributed by atoms with Crippen molar-refractivity contribution in [2.75, 3.05) is 13.2 Å². The van der Waals surface area contributed by atoms with Gasteiger partial charge >= 0.3 is 6.09 Å². The van der Waals surface area contributed by atoms with Crippen LogP contribution in [0.25, 0.3) is 0 Å². The lowest BCUT2D eigenvalue weighted by molar-refractivity contribution is -0.387. The average Bonchev–Trinajstić information content (AvgIpc) is 2.20. The standard InChI is InChI=1S/C8H11NO4/c1-2-11-8(10)9-5-6-3-4-7(9)13-12-6/h3-4,6-7H,2,5H2,1H3/t6-,7+/m0/s1. The van der Waals surface area contributed by atoms with Gasteiger partial charge in [0.25, 0.3) is 0 Å². The number of carbonyl (C=O) groups excluding carboxylic acids is 1. The minimum absolute atomic E-state index is 0.158. The van der Waals surface area contributed by atoms with Gasteiger partial charge in [-0.1, -0.05) is 6.08 Å². The predicted octanol–water partition coefficient (Wildman–Crippen LogP) is 0.671. The van der Waals surface area contributed by atoms with Gasteiger partial charge in [-0.2, -0.15) is 0 Å². The van der Waals surface area contributed by atoms with Gasteiger partial charge in [-0.3, -0.25) is 4.90 Å². The van der Waals surface area contributed by atoms with Gasteiger partial charge in [0, 0.05) is 0 Å². The lowest BCUT2D eigenvalue weighted by atomic mass is 10.2. The maximum absolute atomic E-state index is 11.3. The quantitative estimate of drug-likeness (QED) is 0.445. The number of amides is 1.